The van der Waals surface area contributed by atoms with Crippen LogP contribution >= 0.6 is 0 Å². The van der Waals surface area contributed by atoms with E-state index in [1.54, 1.807) is 18.2 Å². The van der Waals surface area contributed by atoms with Crippen LogP contribution in [0.3, 0.4) is 0 Å². The Morgan fingerprint density at radius 2 is 1.67 bits per heavy atom. The largest absolute Gasteiger partial charge is 0.493 e. The van der Waals surface area contributed by atoms with E-state index in [2.05, 4.69) is 10.2 Å². The Hall–Kier alpha value is -2.26. The number of hydrogen-bond acceptors (Lipinski definition) is 7. The minimum atomic E-state index is -3.16. The van der Waals surface area contributed by atoms with Crippen molar-refractivity contribution in [1.29, 1.82) is 0 Å². The summed E-state index contributed by atoms with van der Waals surface area (Å²) in [6.45, 7) is 1.77. The molecule has 2 saturated heterocycles. The van der Waals surface area contributed by atoms with Crippen molar-refractivity contribution in [1.82, 2.24) is 10.2 Å². The first-order chi connectivity index (χ1) is 14.4. The maximum Gasteiger partial charge on any atom is 0.244 e. The maximum atomic E-state index is 12.5. The highest BCUT2D eigenvalue weighted by atomic mass is 32.2. The van der Waals surface area contributed by atoms with Crippen LogP contribution in [0.5, 0.6) is 17.2 Å². The number of likely N-dealkylation sites (tertiary alicyclic amines) is 1. The van der Waals surface area contributed by atoms with Crippen molar-refractivity contribution >= 4 is 21.8 Å². The average molecular weight is 439 g/mol. The normalized spacial score (nSPS) is 24.0. The van der Waals surface area contributed by atoms with Gasteiger partial charge in [-0.2, -0.15) is 0 Å². The number of carbonyl (C=O) groups is 1. The lowest BCUT2D eigenvalue weighted by atomic mass is 10.0. The van der Waals surface area contributed by atoms with E-state index in [1.165, 1.54) is 33.8 Å². The summed E-state index contributed by atoms with van der Waals surface area (Å²) < 4.78 is 40.4. The molecule has 8 nitrogen and oxygen atoms in total. The lowest BCUT2D eigenvalue weighted by molar-refractivity contribution is -0.117. The number of rotatable bonds is 7. The standard InChI is InChI=1S/C21H30N2O6S/c1-27-18-11-15(12-19(28-2)21(18)29-3)7-8-20(24)22-16-13-30(25,26)14-17(16)23-9-5-4-6-10-23/h7-8,11-12,16-17H,4-6,9-10,13-14H2,1-3H3,(H,22,24)/b8-7+. The SMILES string of the molecule is COc1cc(/C=C/C(=O)NC2CS(=O)(=O)CC2N2CCCCC2)cc(OC)c1OC. The van der Waals surface area contributed by atoms with Gasteiger partial charge >= 0.3 is 0 Å². The molecule has 0 spiro atoms. The molecule has 9 heteroatoms. The molecular weight excluding hydrogens is 408 g/mol. The van der Waals surface area contributed by atoms with Gasteiger partial charge in [-0.1, -0.05) is 6.42 Å². The van der Waals surface area contributed by atoms with Crippen molar-refractivity contribution < 1.29 is 27.4 Å². The third kappa shape index (κ3) is 5.26. The van der Waals surface area contributed by atoms with Crippen LogP contribution in [0.2, 0.25) is 0 Å². The topological polar surface area (TPSA) is 94.2 Å². The molecule has 2 heterocycles. The van der Waals surface area contributed by atoms with E-state index in [-0.39, 0.29) is 23.5 Å². The first-order valence-electron chi connectivity index (χ1n) is 10.1. The predicted molar refractivity (Wildman–Crippen MR) is 115 cm³/mol. The van der Waals surface area contributed by atoms with Crippen LogP contribution in [-0.2, 0) is 14.6 Å². The number of benzene rings is 1. The molecule has 30 heavy (non-hydrogen) atoms. The average Bonchev–Trinajstić information content (AvgIpc) is 3.05. The summed E-state index contributed by atoms with van der Waals surface area (Å²) in [5, 5.41) is 2.90. The molecule has 3 rings (SSSR count). The van der Waals surface area contributed by atoms with Gasteiger partial charge in [0.25, 0.3) is 0 Å². The Balaban J connectivity index is 1.71. The summed E-state index contributed by atoms with van der Waals surface area (Å²) in [7, 11) is 1.42. The maximum absolute atomic E-state index is 12.5. The molecule has 166 valence electrons. The van der Waals surface area contributed by atoms with Crippen molar-refractivity contribution in [2.24, 2.45) is 0 Å². The Morgan fingerprint density at radius 1 is 1.03 bits per heavy atom. The fraction of sp³-hybridized carbons (Fsp3) is 0.571. The van der Waals surface area contributed by atoms with Gasteiger partial charge in [-0.25, -0.2) is 8.42 Å². The second-order valence-corrected chi connectivity index (χ2v) is 9.80. The van der Waals surface area contributed by atoms with Gasteiger partial charge in [0.05, 0.1) is 38.9 Å². The Morgan fingerprint density at radius 3 is 2.23 bits per heavy atom. The van der Waals surface area contributed by atoms with Crippen molar-refractivity contribution in [2.75, 3.05) is 45.9 Å². The second kappa shape index (κ2) is 9.70. The van der Waals surface area contributed by atoms with E-state index in [0.29, 0.717) is 22.8 Å². The molecule has 2 fully saturated rings. The van der Waals surface area contributed by atoms with Gasteiger partial charge in [0.15, 0.2) is 21.3 Å². The van der Waals surface area contributed by atoms with Gasteiger partial charge in [-0.15, -0.1) is 0 Å². The highest BCUT2D eigenvalue weighted by Gasteiger charge is 2.41. The van der Waals surface area contributed by atoms with E-state index in [9.17, 15) is 13.2 Å². The number of piperidine rings is 1. The number of hydrogen-bond donors (Lipinski definition) is 1. The van der Waals surface area contributed by atoms with Crippen LogP contribution in [0.4, 0.5) is 0 Å². The van der Waals surface area contributed by atoms with Crippen LogP contribution in [0.1, 0.15) is 24.8 Å². The highest BCUT2D eigenvalue weighted by Crippen LogP contribution is 2.38. The number of carbonyl (C=O) groups excluding carboxylic acids is 1. The summed E-state index contributed by atoms with van der Waals surface area (Å²) in [6, 6.07) is 2.92. The summed E-state index contributed by atoms with van der Waals surface area (Å²) >= 11 is 0. The summed E-state index contributed by atoms with van der Waals surface area (Å²) in [4.78, 5) is 14.8. The zero-order valence-electron chi connectivity index (χ0n) is 17.7. The summed E-state index contributed by atoms with van der Waals surface area (Å²) in [5.41, 5.74) is 0.700. The lowest BCUT2D eigenvalue weighted by Gasteiger charge is -2.34. The zero-order valence-corrected chi connectivity index (χ0v) is 18.5. The van der Waals surface area contributed by atoms with Crippen molar-refractivity contribution in [2.45, 2.75) is 31.3 Å². The van der Waals surface area contributed by atoms with Gasteiger partial charge in [-0.05, 0) is 49.7 Å². The molecule has 0 bridgehead atoms. The molecule has 1 aromatic rings. The summed E-state index contributed by atoms with van der Waals surface area (Å²) in [6.07, 6.45) is 6.35. The van der Waals surface area contributed by atoms with E-state index >= 15 is 0 Å². The third-order valence-electron chi connectivity index (χ3n) is 5.62. The predicted octanol–water partition coefficient (Wildman–Crippen LogP) is 1.49. The number of sulfone groups is 1. The minimum Gasteiger partial charge on any atom is -0.493 e. The third-order valence-corrected chi connectivity index (χ3v) is 7.34. The molecule has 2 unspecified atom stereocenters. The van der Waals surface area contributed by atoms with Crippen LogP contribution in [0, 0.1) is 0 Å². The molecule has 2 atom stereocenters. The zero-order chi connectivity index (χ0) is 21.7. The Labute approximate surface area is 178 Å². The second-order valence-electron chi connectivity index (χ2n) is 7.65. The number of nitrogens with zero attached hydrogens (tertiary/aromatic N) is 1. The van der Waals surface area contributed by atoms with E-state index in [1.807, 2.05) is 0 Å². The monoisotopic (exact) mass is 438 g/mol. The number of methoxy groups -OCH3 is 3. The van der Waals surface area contributed by atoms with E-state index in [0.717, 1.165) is 25.9 Å². The molecule has 1 amide bonds. The molecule has 0 saturated carbocycles. The molecule has 2 aliphatic rings. The number of nitrogens with one attached hydrogen (secondary N) is 1. The molecule has 1 N–H and O–H groups in total. The van der Waals surface area contributed by atoms with Crippen molar-refractivity contribution in [3.05, 3.63) is 23.8 Å². The Bertz CT molecular complexity index is 868. The molecule has 2 aliphatic heterocycles. The molecule has 0 aliphatic carbocycles. The van der Waals surface area contributed by atoms with Crippen LogP contribution in [0.15, 0.2) is 18.2 Å². The van der Waals surface area contributed by atoms with Gasteiger partial charge < -0.3 is 19.5 Å². The van der Waals surface area contributed by atoms with Gasteiger partial charge in [0, 0.05) is 12.1 Å². The lowest BCUT2D eigenvalue weighted by Crippen LogP contribution is -2.52. The summed E-state index contributed by atoms with van der Waals surface area (Å²) in [5.74, 6) is 1.22. The van der Waals surface area contributed by atoms with E-state index < -0.39 is 15.9 Å². The molecular formula is C21H30N2O6S. The highest BCUT2D eigenvalue weighted by molar-refractivity contribution is 7.91. The van der Waals surface area contributed by atoms with E-state index in [4.69, 9.17) is 14.2 Å². The first kappa shape index (κ1) is 22.4. The Kier molecular flexibility index (Phi) is 7.25. The van der Waals surface area contributed by atoms with Crippen molar-refractivity contribution in [3.63, 3.8) is 0 Å². The van der Waals surface area contributed by atoms with Crippen molar-refractivity contribution in [3.8, 4) is 17.2 Å². The number of ether oxygens (including phenoxy) is 3. The van der Waals surface area contributed by atoms with Crippen LogP contribution < -0.4 is 19.5 Å². The molecule has 0 radical (unpaired) electrons. The number of amides is 1. The van der Waals surface area contributed by atoms with Crippen LogP contribution in [-0.4, -0.2) is 77.2 Å². The molecule has 1 aromatic carbocycles. The van der Waals surface area contributed by atoms with Gasteiger partial charge in [0.2, 0.25) is 11.7 Å². The van der Waals surface area contributed by atoms with Gasteiger partial charge in [0.1, 0.15) is 0 Å². The molecule has 0 aromatic heterocycles. The minimum absolute atomic E-state index is 0.0159. The smallest absolute Gasteiger partial charge is 0.244 e. The first-order valence-corrected chi connectivity index (χ1v) is 11.9. The quantitative estimate of drug-likeness (QED) is 0.645. The fourth-order valence-corrected chi connectivity index (χ4v) is 6.13. The fourth-order valence-electron chi connectivity index (χ4n) is 4.18. The van der Waals surface area contributed by atoms with Crippen LogP contribution in [0.25, 0.3) is 6.08 Å². The van der Waals surface area contributed by atoms with Gasteiger partial charge in [-0.3, -0.25) is 9.69 Å².